The van der Waals surface area contributed by atoms with Crippen molar-refractivity contribution in [2.24, 2.45) is 0 Å². The molecule has 2 rings (SSSR count). The summed E-state index contributed by atoms with van der Waals surface area (Å²) in [5, 5.41) is 3.99. The van der Waals surface area contributed by atoms with E-state index in [9.17, 15) is 17.6 Å². The summed E-state index contributed by atoms with van der Waals surface area (Å²) in [7, 11) is -0.710. The van der Waals surface area contributed by atoms with Crippen LogP contribution in [0.2, 0.25) is 0 Å². The Balaban J connectivity index is 2.18. The molecule has 0 aliphatic carbocycles. The summed E-state index contributed by atoms with van der Waals surface area (Å²) in [4.78, 5) is 12.3. The van der Waals surface area contributed by atoms with Crippen molar-refractivity contribution in [1.29, 1.82) is 0 Å². The number of nitrogens with zero attached hydrogens (tertiary/aromatic N) is 1. The van der Waals surface area contributed by atoms with Crippen LogP contribution < -0.4 is 5.32 Å². The first kappa shape index (κ1) is 15.6. The van der Waals surface area contributed by atoms with E-state index in [1.165, 1.54) is 49.8 Å². The molecule has 5 nitrogen and oxygen atoms in total. The maximum atomic E-state index is 12.8. The summed E-state index contributed by atoms with van der Waals surface area (Å²) < 4.78 is 37.7. The Bertz CT molecular complexity index is 752. The number of amides is 1. The van der Waals surface area contributed by atoms with Gasteiger partial charge in [0.1, 0.15) is 5.82 Å². The number of hydrogen-bond donors (Lipinski definition) is 1. The highest BCUT2D eigenvalue weighted by Crippen LogP contribution is 2.22. The van der Waals surface area contributed by atoms with Gasteiger partial charge in [0.25, 0.3) is 5.91 Å². The SMILES string of the molecule is CN(C)S(=O)(=O)c1csc(C(=O)Nc2ccc(F)cc2)c1. The molecule has 1 aromatic heterocycles. The number of carbonyl (C=O) groups is 1. The third-order valence-corrected chi connectivity index (χ3v) is 5.55. The number of nitrogens with one attached hydrogen (secondary N) is 1. The average Bonchev–Trinajstić information content (AvgIpc) is 2.91. The molecule has 0 fully saturated rings. The molecule has 0 radical (unpaired) electrons. The predicted molar refractivity (Wildman–Crippen MR) is 79.5 cm³/mol. The number of anilines is 1. The van der Waals surface area contributed by atoms with Gasteiger partial charge in [0.2, 0.25) is 10.0 Å². The molecule has 1 aromatic carbocycles. The molecular formula is C13H13FN2O3S2. The van der Waals surface area contributed by atoms with Crippen LogP contribution in [-0.4, -0.2) is 32.7 Å². The van der Waals surface area contributed by atoms with Crippen molar-refractivity contribution >= 4 is 33.0 Å². The van der Waals surface area contributed by atoms with Crippen molar-refractivity contribution in [2.75, 3.05) is 19.4 Å². The average molecular weight is 328 g/mol. The molecule has 21 heavy (non-hydrogen) atoms. The second kappa shape index (κ2) is 5.92. The first-order valence-electron chi connectivity index (χ1n) is 5.88. The number of thiophene rings is 1. The monoisotopic (exact) mass is 328 g/mol. The summed E-state index contributed by atoms with van der Waals surface area (Å²) in [6, 6.07) is 6.63. The fourth-order valence-electron chi connectivity index (χ4n) is 1.51. The van der Waals surface area contributed by atoms with E-state index in [-0.39, 0.29) is 9.77 Å². The number of hydrogen-bond acceptors (Lipinski definition) is 4. The highest BCUT2D eigenvalue weighted by molar-refractivity contribution is 7.89. The van der Waals surface area contributed by atoms with Gasteiger partial charge >= 0.3 is 0 Å². The van der Waals surface area contributed by atoms with Crippen LogP contribution >= 0.6 is 11.3 Å². The quantitative estimate of drug-likeness (QED) is 0.937. The van der Waals surface area contributed by atoms with Gasteiger partial charge in [-0.25, -0.2) is 17.1 Å². The minimum absolute atomic E-state index is 0.0711. The van der Waals surface area contributed by atoms with Crippen molar-refractivity contribution in [3.05, 3.63) is 46.4 Å². The van der Waals surface area contributed by atoms with Crippen molar-refractivity contribution < 1.29 is 17.6 Å². The second-order valence-electron chi connectivity index (χ2n) is 4.40. The van der Waals surface area contributed by atoms with Gasteiger partial charge in [-0.2, -0.15) is 0 Å². The number of sulfonamides is 1. The van der Waals surface area contributed by atoms with Crippen LogP contribution in [0.4, 0.5) is 10.1 Å². The van der Waals surface area contributed by atoms with Crippen molar-refractivity contribution in [1.82, 2.24) is 4.31 Å². The zero-order valence-electron chi connectivity index (χ0n) is 11.3. The molecule has 8 heteroatoms. The molecule has 1 N–H and O–H groups in total. The third kappa shape index (κ3) is 3.46. The highest BCUT2D eigenvalue weighted by atomic mass is 32.2. The number of carbonyl (C=O) groups excluding carboxylic acids is 1. The summed E-state index contributed by atoms with van der Waals surface area (Å²) in [5.41, 5.74) is 0.437. The standard InChI is InChI=1S/C13H13FN2O3S2/c1-16(2)21(18,19)11-7-12(20-8-11)13(17)15-10-5-3-9(14)4-6-10/h3-8H,1-2H3,(H,15,17). The Morgan fingerprint density at radius 3 is 2.43 bits per heavy atom. The van der Waals surface area contributed by atoms with Gasteiger partial charge < -0.3 is 5.32 Å². The van der Waals surface area contributed by atoms with Crippen LogP contribution in [0, 0.1) is 5.82 Å². The van der Waals surface area contributed by atoms with Gasteiger partial charge in [-0.15, -0.1) is 11.3 Å². The fourth-order valence-corrected chi connectivity index (χ4v) is 3.57. The molecule has 0 saturated heterocycles. The summed E-state index contributed by atoms with van der Waals surface area (Å²) in [6.07, 6.45) is 0. The van der Waals surface area contributed by atoms with E-state index in [1.54, 1.807) is 0 Å². The largest absolute Gasteiger partial charge is 0.321 e. The molecule has 0 unspecified atom stereocenters. The maximum Gasteiger partial charge on any atom is 0.265 e. The van der Waals surface area contributed by atoms with Crippen LogP contribution in [-0.2, 0) is 10.0 Å². The first-order valence-corrected chi connectivity index (χ1v) is 8.20. The van der Waals surface area contributed by atoms with Gasteiger partial charge in [-0.3, -0.25) is 4.79 Å². The molecule has 1 heterocycles. The molecule has 0 spiro atoms. The Hall–Kier alpha value is -1.77. The lowest BCUT2D eigenvalue weighted by molar-refractivity contribution is 0.103. The van der Waals surface area contributed by atoms with E-state index < -0.39 is 21.7 Å². The molecule has 0 atom stereocenters. The topological polar surface area (TPSA) is 66.5 Å². The van der Waals surface area contributed by atoms with Gasteiger partial charge in [-0.1, -0.05) is 0 Å². The van der Waals surface area contributed by atoms with Crippen LogP contribution in [0.3, 0.4) is 0 Å². The van der Waals surface area contributed by atoms with Crippen LogP contribution in [0.5, 0.6) is 0 Å². The van der Waals surface area contributed by atoms with Gasteiger partial charge in [0, 0.05) is 25.2 Å². The highest BCUT2D eigenvalue weighted by Gasteiger charge is 2.21. The molecule has 112 valence electrons. The van der Waals surface area contributed by atoms with E-state index in [2.05, 4.69) is 5.32 Å². The Kier molecular flexibility index (Phi) is 4.40. The fraction of sp³-hybridized carbons (Fsp3) is 0.154. The molecule has 0 aliphatic rings. The third-order valence-electron chi connectivity index (χ3n) is 2.68. The molecule has 1 amide bonds. The van der Waals surface area contributed by atoms with Crippen molar-refractivity contribution in [3.8, 4) is 0 Å². The summed E-state index contributed by atoms with van der Waals surface area (Å²) >= 11 is 1.03. The summed E-state index contributed by atoms with van der Waals surface area (Å²) in [6.45, 7) is 0. The Morgan fingerprint density at radius 1 is 1.24 bits per heavy atom. The second-order valence-corrected chi connectivity index (χ2v) is 7.46. The first-order chi connectivity index (χ1) is 9.80. The van der Waals surface area contributed by atoms with E-state index in [1.807, 2.05) is 0 Å². The van der Waals surface area contributed by atoms with Crippen molar-refractivity contribution in [2.45, 2.75) is 4.90 Å². The molecule has 0 bridgehead atoms. The summed E-state index contributed by atoms with van der Waals surface area (Å²) in [5.74, 6) is -0.838. The van der Waals surface area contributed by atoms with Gasteiger partial charge in [0.05, 0.1) is 9.77 Å². The number of benzene rings is 1. The van der Waals surface area contributed by atoms with Crippen LogP contribution in [0.25, 0.3) is 0 Å². The van der Waals surface area contributed by atoms with E-state index in [4.69, 9.17) is 0 Å². The lowest BCUT2D eigenvalue weighted by Crippen LogP contribution is -2.21. The molecule has 2 aromatic rings. The number of halogens is 1. The van der Waals surface area contributed by atoms with Crippen LogP contribution in [0.1, 0.15) is 9.67 Å². The van der Waals surface area contributed by atoms with Gasteiger partial charge in [0.15, 0.2) is 0 Å². The smallest absolute Gasteiger partial charge is 0.265 e. The van der Waals surface area contributed by atoms with Crippen molar-refractivity contribution in [3.63, 3.8) is 0 Å². The lowest BCUT2D eigenvalue weighted by Gasteiger charge is -2.08. The lowest BCUT2D eigenvalue weighted by atomic mass is 10.3. The van der Waals surface area contributed by atoms with Crippen LogP contribution in [0.15, 0.2) is 40.6 Å². The van der Waals surface area contributed by atoms with E-state index >= 15 is 0 Å². The molecule has 0 aliphatic heterocycles. The minimum atomic E-state index is -3.55. The zero-order valence-corrected chi connectivity index (χ0v) is 13.0. The van der Waals surface area contributed by atoms with E-state index in [0.29, 0.717) is 5.69 Å². The molecular weight excluding hydrogens is 315 g/mol. The van der Waals surface area contributed by atoms with Gasteiger partial charge in [-0.05, 0) is 30.3 Å². The van der Waals surface area contributed by atoms with E-state index in [0.717, 1.165) is 15.6 Å². The predicted octanol–water partition coefficient (Wildman–Crippen LogP) is 2.39. The normalized spacial score (nSPS) is 11.6. The zero-order chi connectivity index (χ0) is 15.6. The Morgan fingerprint density at radius 2 is 1.86 bits per heavy atom. The Labute approximate surface area is 126 Å². The molecule has 0 saturated carbocycles. The maximum absolute atomic E-state index is 12.8. The number of rotatable bonds is 4. The minimum Gasteiger partial charge on any atom is -0.321 e.